The molecule has 0 N–H and O–H groups in total. The first-order valence-electron chi connectivity index (χ1n) is 8.50. The first-order chi connectivity index (χ1) is 12.8. The highest BCUT2D eigenvalue weighted by atomic mass is 31.1. The molecule has 0 bridgehead atoms. The fraction of sp³-hybridized carbons (Fsp3) is 0.0870. The van der Waals surface area contributed by atoms with E-state index in [0.717, 1.165) is 6.08 Å². The van der Waals surface area contributed by atoms with E-state index in [9.17, 15) is 4.79 Å². The predicted octanol–water partition coefficient (Wildman–Crippen LogP) is 4.18. The van der Waals surface area contributed by atoms with Crippen LogP contribution in [0.1, 0.15) is 6.92 Å². The Hall–Kier alpha value is -2.70. The van der Waals surface area contributed by atoms with Crippen molar-refractivity contribution in [2.24, 2.45) is 0 Å². The lowest BCUT2D eigenvalue weighted by Gasteiger charge is -2.18. The first-order valence-corrected chi connectivity index (χ1v) is 9.85. The van der Waals surface area contributed by atoms with Crippen LogP contribution in [0.25, 0.3) is 0 Å². The monoisotopic (exact) mass is 362 g/mol. The molecule has 3 aromatic rings. The van der Waals surface area contributed by atoms with Gasteiger partial charge in [0.1, 0.15) is 0 Å². The number of carbonyl (C=O) groups is 1. The zero-order chi connectivity index (χ0) is 18.6. The molecule has 0 saturated carbocycles. The van der Waals surface area contributed by atoms with Crippen LogP contribution in [-0.2, 0) is 9.53 Å². The topological polar surface area (TPSA) is 26.3 Å². The van der Waals surface area contributed by atoms with Crippen LogP contribution in [0.3, 0.4) is 0 Å². The fourth-order valence-electron chi connectivity index (χ4n) is 2.38. The summed E-state index contributed by atoms with van der Waals surface area (Å²) in [6.45, 7) is 5.38. The third-order valence-electron chi connectivity index (χ3n) is 3.50. The van der Waals surface area contributed by atoms with Crippen molar-refractivity contribution in [1.82, 2.24) is 0 Å². The predicted molar refractivity (Wildman–Crippen MR) is 112 cm³/mol. The SMILES string of the molecule is C=CC(=O)OCC.c1ccc(P(c2ccccc2)c2ccccc2)cc1. The van der Waals surface area contributed by atoms with Gasteiger partial charge in [0.15, 0.2) is 0 Å². The molecule has 3 aromatic carbocycles. The van der Waals surface area contributed by atoms with E-state index in [2.05, 4.69) is 102 Å². The van der Waals surface area contributed by atoms with Crippen LogP contribution in [-0.4, -0.2) is 12.6 Å². The van der Waals surface area contributed by atoms with E-state index in [1.54, 1.807) is 6.92 Å². The van der Waals surface area contributed by atoms with Crippen molar-refractivity contribution in [2.75, 3.05) is 6.61 Å². The van der Waals surface area contributed by atoms with Crippen LogP contribution in [0.2, 0.25) is 0 Å². The van der Waals surface area contributed by atoms with Crippen LogP contribution in [0, 0.1) is 0 Å². The molecular formula is C23H23O2P. The maximum atomic E-state index is 10.1. The zero-order valence-corrected chi connectivity index (χ0v) is 15.8. The van der Waals surface area contributed by atoms with E-state index < -0.39 is 7.92 Å². The van der Waals surface area contributed by atoms with Crippen LogP contribution in [0.4, 0.5) is 0 Å². The molecule has 3 rings (SSSR count). The van der Waals surface area contributed by atoms with Gasteiger partial charge in [-0.25, -0.2) is 4.79 Å². The van der Waals surface area contributed by atoms with Gasteiger partial charge in [0.05, 0.1) is 6.61 Å². The van der Waals surface area contributed by atoms with Crippen molar-refractivity contribution < 1.29 is 9.53 Å². The Kier molecular flexibility index (Phi) is 8.32. The molecule has 0 unspecified atom stereocenters. The summed E-state index contributed by atoms with van der Waals surface area (Å²) in [7, 11) is -0.446. The van der Waals surface area contributed by atoms with Gasteiger partial charge in [0.2, 0.25) is 0 Å². The van der Waals surface area contributed by atoms with Crippen molar-refractivity contribution in [2.45, 2.75) is 6.92 Å². The molecule has 2 nitrogen and oxygen atoms in total. The van der Waals surface area contributed by atoms with E-state index in [1.165, 1.54) is 15.9 Å². The molecule has 0 spiro atoms. The number of hydrogen-bond donors (Lipinski definition) is 0. The lowest BCUT2D eigenvalue weighted by Crippen LogP contribution is -2.20. The Morgan fingerprint density at radius 3 is 1.38 bits per heavy atom. The highest BCUT2D eigenvalue weighted by Gasteiger charge is 2.14. The van der Waals surface area contributed by atoms with E-state index in [-0.39, 0.29) is 5.97 Å². The summed E-state index contributed by atoms with van der Waals surface area (Å²) in [6, 6.07) is 32.3. The van der Waals surface area contributed by atoms with Crippen LogP contribution in [0.5, 0.6) is 0 Å². The van der Waals surface area contributed by atoms with Crippen LogP contribution < -0.4 is 15.9 Å². The van der Waals surface area contributed by atoms with Crippen molar-refractivity contribution in [3.63, 3.8) is 0 Å². The molecule has 0 fully saturated rings. The Bertz CT molecular complexity index is 692. The van der Waals surface area contributed by atoms with E-state index in [4.69, 9.17) is 0 Å². The summed E-state index contributed by atoms with van der Waals surface area (Å²) in [5.74, 6) is -0.359. The zero-order valence-electron chi connectivity index (χ0n) is 14.9. The second-order valence-electron chi connectivity index (χ2n) is 5.30. The normalized spacial score (nSPS) is 9.77. The highest BCUT2D eigenvalue weighted by Crippen LogP contribution is 2.32. The van der Waals surface area contributed by atoms with Crippen molar-refractivity contribution >= 4 is 29.8 Å². The minimum Gasteiger partial charge on any atom is -0.463 e. The molecule has 0 atom stereocenters. The summed E-state index contributed by atoms with van der Waals surface area (Å²) in [5, 5.41) is 4.19. The fourth-order valence-corrected chi connectivity index (χ4v) is 4.68. The summed E-state index contributed by atoms with van der Waals surface area (Å²) in [6.07, 6.45) is 1.14. The highest BCUT2D eigenvalue weighted by molar-refractivity contribution is 7.79. The molecule has 0 amide bonds. The van der Waals surface area contributed by atoms with Crippen molar-refractivity contribution in [3.8, 4) is 0 Å². The van der Waals surface area contributed by atoms with Gasteiger partial charge in [-0.2, -0.15) is 0 Å². The minimum absolute atomic E-state index is 0.359. The Balaban J connectivity index is 0.000000298. The van der Waals surface area contributed by atoms with Crippen molar-refractivity contribution in [3.05, 3.63) is 104 Å². The molecule has 0 heterocycles. The van der Waals surface area contributed by atoms with Gasteiger partial charge >= 0.3 is 5.97 Å². The van der Waals surface area contributed by atoms with Gasteiger partial charge in [-0.15, -0.1) is 0 Å². The molecule has 0 radical (unpaired) electrons. The maximum Gasteiger partial charge on any atom is 0.330 e. The quantitative estimate of drug-likeness (QED) is 0.387. The second kappa shape index (κ2) is 11.0. The van der Waals surface area contributed by atoms with Gasteiger partial charge < -0.3 is 4.74 Å². The third kappa shape index (κ3) is 5.98. The lowest BCUT2D eigenvalue weighted by atomic mass is 10.4. The van der Waals surface area contributed by atoms with E-state index >= 15 is 0 Å². The Morgan fingerprint density at radius 1 is 0.808 bits per heavy atom. The van der Waals surface area contributed by atoms with Gasteiger partial charge in [-0.05, 0) is 30.8 Å². The number of carbonyl (C=O) groups excluding carboxylic acids is 1. The molecule has 0 aliphatic rings. The van der Waals surface area contributed by atoms with Crippen LogP contribution in [0.15, 0.2) is 104 Å². The summed E-state index contributed by atoms with van der Waals surface area (Å²) in [5.41, 5.74) is 0. The number of rotatable bonds is 5. The average Bonchev–Trinajstić information content (AvgIpc) is 2.71. The van der Waals surface area contributed by atoms with Crippen LogP contribution >= 0.6 is 7.92 Å². The standard InChI is InChI=1S/C18H15P.C5H8O2/c1-4-10-16(11-5-1)19(17-12-6-2-7-13-17)18-14-8-3-9-15-18;1-3-5(6)7-4-2/h1-15H;3H,1,4H2,2H3. The number of ether oxygens (including phenoxy) is 1. The van der Waals surface area contributed by atoms with Gasteiger partial charge in [-0.1, -0.05) is 97.6 Å². The third-order valence-corrected chi connectivity index (χ3v) is 5.94. The molecule has 0 aromatic heterocycles. The summed E-state index contributed by atoms with van der Waals surface area (Å²) >= 11 is 0. The maximum absolute atomic E-state index is 10.1. The van der Waals surface area contributed by atoms with Gasteiger partial charge in [0.25, 0.3) is 0 Å². The average molecular weight is 362 g/mol. The van der Waals surface area contributed by atoms with E-state index in [1.807, 2.05) is 0 Å². The Labute approximate surface area is 156 Å². The first kappa shape index (κ1) is 19.6. The minimum atomic E-state index is -0.446. The molecule has 0 aliphatic carbocycles. The molecule has 0 saturated heterocycles. The Morgan fingerprint density at radius 2 is 1.15 bits per heavy atom. The number of hydrogen-bond acceptors (Lipinski definition) is 2. The molecule has 26 heavy (non-hydrogen) atoms. The van der Waals surface area contributed by atoms with E-state index in [0.29, 0.717) is 6.61 Å². The van der Waals surface area contributed by atoms with Crippen molar-refractivity contribution in [1.29, 1.82) is 0 Å². The lowest BCUT2D eigenvalue weighted by molar-refractivity contribution is -0.137. The largest absolute Gasteiger partial charge is 0.463 e. The molecular weight excluding hydrogens is 339 g/mol. The number of esters is 1. The molecule has 0 aliphatic heterocycles. The smallest absolute Gasteiger partial charge is 0.330 e. The summed E-state index contributed by atoms with van der Waals surface area (Å²) in [4.78, 5) is 10.1. The second-order valence-corrected chi connectivity index (χ2v) is 7.52. The van der Waals surface area contributed by atoms with Gasteiger partial charge in [0, 0.05) is 6.08 Å². The number of benzene rings is 3. The van der Waals surface area contributed by atoms with Gasteiger partial charge in [-0.3, -0.25) is 0 Å². The molecule has 132 valence electrons. The molecule has 3 heteroatoms. The summed E-state index contributed by atoms with van der Waals surface area (Å²) < 4.78 is 4.43.